The highest BCUT2D eigenvalue weighted by molar-refractivity contribution is 6.01. The van der Waals surface area contributed by atoms with Gasteiger partial charge in [-0.1, -0.05) is 42.5 Å². The van der Waals surface area contributed by atoms with Gasteiger partial charge in [0.15, 0.2) is 0 Å². The molecule has 0 bridgehead atoms. The second-order valence-electron chi connectivity index (χ2n) is 7.82. The average Bonchev–Trinajstić information content (AvgIpc) is 2.87. The molecule has 34 heavy (non-hydrogen) atoms. The number of nitriles is 1. The number of ether oxygens (including phenoxy) is 1. The predicted octanol–water partition coefficient (Wildman–Crippen LogP) is 5.01. The SMILES string of the molecule is N#Cc1ccccc1-c1ccccc1C(=O)NCc1ccc(N2CCOCC2)cc1C(F)(F)F. The lowest BCUT2D eigenvalue weighted by Gasteiger charge is -2.29. The minimum atomic E-state index is -4.56. The Balaban J connectivity index is 1.59. The smallest absolute Gasteiger partial charge is 0.378 e. The van der Waals surface area contributed by atoms with Crippen molar-refractivity contribution in [3.63, 3.8) is 0 Å². The van der Waals surface area contributed by atoms with Crippen LogP contribution in [0.2, 0.25) is 0 Å². The Bertz CT molecular complexity index is 1230. The highest BCUT2D eigenvalue weighted by Crippen LogP contribution is 2.35. The van der Waals surface area contributed by atoms with Crippen LogP contribution in [0.15, 0.2) is 66.7 Å². The minimum absolute atomic E-state index is 0.0206. The Labute approximate surface area is 195 Å². The molecule has 0 spiro atoms. The number of carbonyl (C=O) groups excluding carboxylic acids is 1. The van der Waals surface area contributed by atoms with Crippen molar-refractivity contribution >= 4 is 11.6 Å². The number of morpholine rings is 1. The lowest BCUT2D eigenvalue weighted by molar-refractivity contribution is -0.138. The van der Waals surface area contributed by atoms with Gasteiger partial charge in [-0.15, -0.1) is 0 Å². The normalized spacial score (nSPS) is 13.9. The van der Waals surface area contributed by atoms with Gasteiger partial charge in [-0.05, 0) is 35.4 Å². The summed E-state index contributed by atoms with van der Waals surface area (Å²) in [5.41, 5.74) is 1.48. The number of hydrogen-bond donors (Lipinski definition) is 1. The maximum absolute atomic E-state index is 13.8. The van der Waals surface area contributed by atoms with Crippen molar-refractivity contribution in [1.29, 1.82) is 5.26 Å². The predicted molar refractivity (Wildman–Crippen MR) is 122 cm³/mol. The van der Waals surface area contributed by atoms with Crippen molar-refractivity contribution in [2.24, 2.45) is 0 Å². The summed E-state index contributed by atoms with van der Waals surface area (Å²) in [6.45, 7) is 1.69. The van der Waals surface area contributed by atoms with E-state index in [0.29, 0.717) is 48.7 Å². The van der Waals surface area contributed by atoms with Gasteiger partial charge in [0.05, 0.1) is 30.4 Å². The van der Waals surface area contributed by atoms with Gasteiger partial charge in [0.1, 0.15) is 0 Å². The number of benzene rings is 3. The van der Waals surface area contributed by atoms with E-state index in [1.807, 2.05) is 4.90 Å². The number of halogens is 3. The first-order chi connectivity index (χ1) is 16.4. The van der Waals surface area contributed by atoms with Crippen molar-refractivity contribution in [3.05, 3.63) is 89.0 Å². The number of rotatable bonds is 5. The number of alkyl halides is 3. The van der Waals surface area contributed by atoms with E-state index in [1.54, 1.807) is 54.6 Å². The molecule has 0 aromatic heterocycles. The quantitative estimate of drug-likeness (QED) is 0.575. The average molecular weight is 465 g/mol. The molecular formula is C26H22F3N3O2. The molecule has 0 atom stereocenters. The van der Waals surface area contributed by atoms with Crippen LogP contribution in [0.4, 0.5) is 18.9 Å². The van der Waals surface area contributed by atoms with E-state index in [-0.39, 0.29) is 17.7 Å². The highest BCUT2D eigenvalue weighted by atomic mass is 19.4. The van der Waals surface area contributed by atoms with Crippen molar-refractivity contribution in [1.82, 2.24) is 5.32 Å². The minimum Gasteiger partial charge on any atom is -0.378 e. The molecule has 3 aromatic rings. The van der Waals surface area contributed by atoms with E-state index >= 15 is 0 Å². The molecule has 5 nitrogen and oxygen atoms in total. The molecular weight excluding hydrogens is 443 g/mol. The van der Waals surface area contributed by atoms with Gasteiger partial charge in [0, 0.05) is 36.4 Å². The van der Waals surface area contributed by atoms with Crippen molar-refractivity contribution in [3.8, 4) is 17.2 Å². The van der Waals surface area contributed by atoms with Crippen LogP contribution in [0.5, 0.6) is 0 Å². The Morgan fingerprint density at radius 3 is 2.38 bits per heavy atom. The van der Waals surface area contributed by atoms with E-state index in [1.165, 1.54) is 6.07 Å². The second kappa shape index (κ2) is 9.98. The summed E-state index contributed by atoms with van der Waals surface area (Å²) >= 11 is 0. The van der Waals surface area contributed by atoms with Gasteiger partial charge >= 0.3 is 6.18 Å². The van der Waals surface area contributed by atoms with Gasteiger partial charge < -0.3 is 15.0 Å². The maximum atomic E-state index is 13.8. The zero-order chi connectivity index (χ0) is 24.1. The zero-order valence-electron chi connectivity index (χ0n) is 18.2. The topological polar surface area (TPSA) is 65.4 Å². The van der Waals surface area contributed by atoms with E-state index in [4.69, 9.17) is 4.74 Å². The number of hydrogen-bond acceptors (Lipinski definition) is 4. The molecule has 0 aliphatic carbocycles. The van der Waals surface area contributed by atoms with Gasteiger partial charge in [-0.3, -0.25) is 4.79 Å². The van der Waals surface area contributed by atoms with E-state index in [2.05, 4.69) is 11.4 Å². The van der Waals surface area contributed by atoms with Crippen LogP contribution in [0.1, 0.15) is 27.0 Å². The third kappa shape index (κ3) is 5.05. The maximum Gasteiger partial charge on any atom is 0.416 e. The molecule has 0 radical (unpaired) electrons. The summed E-state index contributed by atoms with van der Waals surface area (Å²) < 4.78 is 46.8. The van der Waals surface area contributed by atoms with Crippen LogP contribution in [0.3, 0.4) is 0 Å². The first kappa shape index (κ1) is 23.3. The number of amides is 1. The van der Waals surface area contributed by atoms with Gasteiger partial charge in [0.25, 0.3) is 5.91 Å². The van der Waals surface area contributed by atoms with Gasteiger partial charge in [-0.25, -0.2) is 0 Å². The van der Waals surface area contributed by atoms with Crippen LogP contribution in [0.25, 0.3) is 11.1 Å². The number of nitrogens with one attached hydrogen (secondary N) is 1. The third-order valence-electron chi connectivity index (χ3n) is 5.72. The first-order valence-electron chi connectivity index (χ1n) is 10.8. The summed E-state index contributed by atoms with van der Waals surface area (Å²) in [5, 5.41) is 12.0. The molecule has 1 aliphatic heterocycles. The molecule has 0 unspecified atom stereocenters. The molecule has 1 saturated heterocycles. The molecule has 1 amide bonds. The fourth-order valence-electron chi connectivity index (χ4n) is 4.00. The summed E-state index contributed by atoms with van der Waals surface area (Å²) in [6.07, 6.45) is -4.56. The molecule has 1 N–H and O–H groups in total. The Morgan fingerprint density at radius 2 is 1.68 bits per heavy atom. The van der Waals surface area contributed by atoms with Crippen LogP contribution >= 0.6 is 0 Å². The van der Waals surface area contributed by atoms with Crippen molar-refractivity contribution < 1.29 is 22.7 Å². The van der Waals surface area contributed by atoms with Crippen molar-refractivity contribution in [2.45, 2.75) is 12.7 Å². The summed E-state index contributed by atoms with van der Waals surface area (Å²) in [6, 6.07) is 19.9. The van der Waals surface area contributed by atoms with E-state index in [0.717, 1.165) is 6.07 Å². The Morgan fingerprint density at radius 1 is 1.00 bits per heavy atom. The van der Waals surface area contributed by atoms with Crippen molar-refractivity contribution in [2.75, 3.05) is 31.2 Å². The molecule has 4 rings (SSSR count). The highest BCUT2D eigenvalue weighted by Gasteiger charge is 2.34. The number of nitrogens with zero attached hydrogens (tertiary/aromatic N) is 2. The second-order valence-corrected chi connectivity index (χ2v) is 7.82. The largest absolute Gasteiger partial charge is 0.416 e. The molecule has 3 aromatic carbocycles. The standard InChI is InChI=1S/C26H22F3N3O2/c27-26(28,29)24-15-20(32-11-13-34-14-12-32)10-9-19(24)17-31-25(33)23-8-4-3-7-22(23)21-6-2-1-5-18(21)16-30/h1-10,15H,11-14,17H2,(H,31,33). The Kier molecular flexibility index (Phi) is 6.85. The molecule has 8 heteroatoms. The number of carbonyl (C=O) groups is 1. The van der Waals surface area contributed by atoms with E-state index < -0.39 is 17.6 Å². The first-order valence-corrected chi connectivity index (χ1v) is 10.8. The molecule has 1 heterocycles. The lowest BCUT2D eigenvalue weighted by Crippen LogP contribution is -2.36. The van der Waals surface area contributed by atoms with Crippen LogP contribution in [-0.4, -0.2) is 32.2 Å². The summed E-state index contributed by atoms with van der Waals surface area (Å²) in [7, 11) is 0. The molecule has 1 aliphatic rings. The van der Waals surface area contributed by atoms with Crippen LogP contribution < -0.4 is 10.2 Å². The van der Waals surface area contributed by atoms with Gasteiger partial charge in [-0.2, -0.15) is 18.4 Å². The van der Waals surface area contributed by atoms with Gasteiger partial charge in [0.2, 0.25) is 0 Å². The Hall–Kier alpha value is -3.83. The van der Waals surface area contributed by atoms with Crippen LogP contribution in [0, 0.1) is 11.3 Å². The molecule has 174 valence electrons. The van der Waals surface area contributed by atoms with Crippen LogP contribution in [-0.2, 0) is 17.5 Å². The lowest BCUT2D eigenvalue weighted by atomic mass is 9.95. The zero-order valence-corrected chi connectivity index (χ0v) is 18.2. The summed E-state index contributed by atoms with van der Waals surface area (Å²) in [5.74, 6) is -0.520. The molecule has 1 fully saturated rings. The fraction of sp³-hybridized carbons (Fsp3) is 0.231. The number of anilines is 1. The summed E-state index contributed by atoms with van der Waals surface area (Å²) in [4.78, 5) is 14.8. The fourth-order valence-corrected chi connectivity index (χ4v) is 4.00. The third-order valence-corrected chi connectivity index (χ3v) is 5.72. The molecule has 0 saturated carbocycles. The van der Waals surface area contributed by atoms with E-state index in [9.17, 15) is 23.2 Å². The monoisotopic (exact) mass is 465 g/mol.